The number of hydrogen-bond acceptors (Lipinski definition) is 1. The number of hydrogen-bond donors (Lipinski definition) is 1. The van der Waals surface area contributed by atoms with E-state index in [9.17, 15) is 0 Å². The molecule has 2 atom stereocenters. The van der Waals surface area contributed by atoms with E-state index in [0.717, 1.165) is 23.2 Å². The topological polar surface area (TPSA) is 20.7 Å². The minimum atomic E-state index is 0.786. The molecule has 1 aromatic heterocycles. The van der Waals surface area contributed by atoms with Gasteiger partial charge in [-0.25, -0.2) is 0 Å². The number of para-hydroxylation sites is 1. The molecule has 0 bridgehead atoms. The summed E-state index contributed by atoms with van der Waals surface area (Å²) in [5.41, 5.74) is 3.79. The maximum absolute atomic E-state index is 5.52. The third-order valence-electron chi connectivity index (χ3n) is 4.48. The summed E-state index contributed by atoms with van der Waals surface area (Å²) in [6, 6.07) is 6.39. The molecule has 0 radical (unpaired) electrons. The van der Waals surface area contributed by atoms with Gasteiger partial charge in [-0.1, -0.05) is 31.9 Å². The fraction of sp³-hybridized carbons (Fsp3) is 0.562. The predicted molar refractivity (Wildman–Crippen MR) is 83.0 cm³/mol. The first kappa shape index (κ1) is 12.9. The highest BCUT2D eigenvalue weighted by atomic mass is 32.1. The number of nitrogens with one attached hydrogen (secondary N) is 1. The van der Waals surface area contributed by atoms with Crippen LogP contribution in [0.4, 0.5) is 0 Å². The first-order valence-corrected chi connectivity index (χ1v) is 7.74. The van der Waals surface area contributed by atoms with Gasteiger partial charge in [-0.2, -0.15) is 0 Å². The van der Waals surface area contributed by atoms with Gasteiger partial charge in [-0.05, 0) is 55.4 Å². The highest BCUT2D eigenvalue weighted by Gasteiger charge is 2.20. The van der Waals surface area contributed by atoms with Crippen molar-refractivity contribution >= 4 is 23.3 Å². The number of imidazole rings is 1. The molecule has 1 N–H and O–H groups in total. The summed E-state index contributed by atoms with van der Waals surface area (Å²) in [6.45, 7) is 5.63. The van der Waals surface area contributed by atoms with Crippen LogP contribution in [-0.2, 0) is 6.54 Å². The van der Waals surface area contributed by atoms with E-state index in [2.05, 4.69) is 41.6 Å². The third kappa shape index (κ3) is 2.48. The molecule has 102 valence electrons. The van der Waals surface area contributed by atoms with Crippen LogP contribution in [0.5, 0.6) is 0 Å². The molecule has 0 aliphatic heterocycles. The van der Waals surface area contributed by atoms with Gasteiger partial charge in [-0.3, -0.25) is 0 Å². The molecule has 2 unspecified atom stereocenters. The van der Waals surface area contributed by atoms with Gasteiger partial charge < -0.3 is 9.55 Å². The van der Waals surface area contributed by atoms with Crippen LogP contribution in [0.2, 0.25) is 0 Å². The lowest BCUT2D eigenvalue weighted by atomic mass is 9.82. The largest absolute Gasteiger partial charge is 0.331 e. The lowest BCUT2D eigenvalue weighted by Crippen LogP contribution is -2.18. The monoisotopic (exact) mass is 274 g/mol. The smallest absolute Gasteiger partial charge is 0.178 e. The Kier molecular flexibility index (Phi) is 3.48. The van der Waals surface area contributed by atoms with E-state index in [4.69, 9.17) is 12.2 Å². The highest BCUT2D eigenvalue weighted by molar-refractivity contribution is 7.71. The zero-order chi connectivity index (χ0) is 13.4. The Hall–Kier alpha value is -1.09. The molecule has 1 heterocycles. The first-order chi connectivity index (χ1) is 9.15. The molecular weight excluding hydrogens is 252 g/mol. The van der Waals surface area contributed by atoms with Gasteiger partial charge in [0.15, 0.2) is 4.77 Å². The van der Waals surface area contributed by atoms with Crippen molar-refractivity contribution < 1.29 is 0 Å². The zero-order valence-electron chi connectivity index (χ0n) is 11.8. The van der Waals surface area contributed by atoms with Crippen molar-refractivity contribution in [3.8, 4) is 0 Å². The van der Waals surface area contributed by atoms with E-state index in [0.29, 0.717) is 0 Å². The number of aryl methyl sites for hydroxylation is 1. The maximum atomic E-state index is 5.52. The van der Waals surface area contributed by atoms with Crippen molar-refractivity contribution in [1.29, 1.82) is 0 Å². The Morgan fingerprint density at radius 2 is 2.21 bits per heavy atom. The normalized spacial score (nSPS) is 23.9. The summed E-state index contributed by atoms with van der Waals surface area (Å²) in [6.07, 6.45) is 5.47. The molecule has 1 aliphatic carbocycles. The second-order valence-electron chi connectivity index (χ2n) is 6.15. The van der Waals surface area contributed by atoms with Crippen LogP contribution in [0.3, 0.4) is 0 Å². The molecule has 3 heteroatoms. The fourth-order valence-electron chi connectivity index (χ4n) is 3.56. The predicted octanol–water partition coefficient (Wildman–Crippen LogP) is 4.83. The van der Waals surface area contributed by atoms with Crippen LogP contribution in [0.25, 0.3) is 11.0 Å². The van der Waals surface area contributed by atoms with E-state index < -0.39 is 0 Å². The number of aromatic amines is 1. The van der Waals surface area contributed by atoms with Gasteiger partial charge in [0.2, 0.25) is 0 Å². The standard InChI is InChI=1S/C16H22N2S/c1-11-5-3-7-13(9-11)10-18-15-12(2)6-4-8-14(15)17-16(18)19/h4,6,8,11,13H,3,5,7,9-10H2,1-2H3,(H,17,19). The molecule has 2 aromatic rings. The fourth-order valence-corrected chi connectivity index (χ4v) is 3.84. The SMILES string of the molecule is Cc1cccc2[nH]c(=S)n(CC3CCCC(C)C3)c12. The molecular formula is C16H22N2S. The number of fused-ring (bicyclic) bond motifs is 1. The Morgan fingerprint density at radius 3 is 3.00 bits per heavy atom. The first-order valence-electron chi connectivity index (χ1n) is 7.33. The Bertz CT molecular complexity index is 638. The van der Waals surface area contributed by atoms with E-state index in [-0.39, 0.29) is 0 Å². The lowest BCUT2D eigenvalue weighted by molar-refractivity contribution is 0.258. The van der Waals surface area contributed by atoms with Gasteiger partial charge in [-0.15, -0.1) is 0 Å². The average molecular weight is 274 g/mol. The summed E-state index contributed by atoms with van der Waals surface area (Å²) in [5, 5.41) is 0. The van der Waals surface area contributed by atoms with Crippen LogP contribution in [-0.4, -0.2) is 9.55 Å². The van der Waals surface area contributed by atoms with Crippen molar-refractivity contribution in [2.24, 2.45) is 11.8 Å². The van der Waals surface area contributed by atoms with Crippen LogP contribution in [0.1, 0.15) is 38.2 Å². The van der Waals surface area contributed by atoms with E-state index in [1.807, 2.05) is 0 Å². The Balaban J connectivity index is 1.96. The zero-order valence-corrected chi connectivity index (χ0v) is 12.6. The molecule has 2 nitrogen and oxygen atoms in total. The highest BCUT2D eigenvalue weighted by Crippen LogP contribution is 2.31. The van der Waals surface area contributed by atoms with Crippen molar-refractivity contribution in [3.05, 3.63) is 28.5 Å². The number of benzene rings is 1. The van der Waals surface area contributed by atoms with E-state index in [1.165, 1.54) is 42.3 Å². The molecule has 1 aliphatic rings. The molecule has 0 saturated heterocycles. The van der Waals surface area contributed by atoms with Crippen LogP contribution in [0.15, 0.2) is 18.2 Å². The average Bonchev–Trinajstić information content (AvgIpc) is 2.67. The number of rotatable bonds is 2. The van der Waals surface area contributed by atoms with Gasteiger partial charge >= 0.3 is 0 Å². The lowest BCUT2D eigenvalue weighted by Gasteiger charge is -2.27. The van der Waals surface area contributed by atoms with Crippen LogP contribution < -0.4 is 0 Å². The molecule has 0 spiro atoms. The molecule has 1 fully saturated rings. The van der Waals surface area contributed by atoms with Crippen molar-refractivity contribution in [3.63, 3.8) is 0 Å². The molecule has 0 amide bonds. The summed E-state index contributed by atoms with van der Waals surface area (Å²) < 4.78 is 3.20. The summed E-state index contributed by atoms with van der Waals surface area (Å²) >= 11 is 5.52. The second kappa shape index (κ2) is 5.12. The molecule has 1 saturated carbocycles. The summed E-state index contributed by atoms with van der Waals surface area (Å²) in [4.78, 5) is 3.35. The van der Waals surface area contributed by atoms with Crippen molar-refractivity contribution in [1.82, 2.24) is 9.55 Å². The molecule has 3 rings (SSSR count). The summed E-state index contributed by atoms with van der Waals surface area (Å²) in [7, 11) is 0. The number of H-pyrrole nitrogens is 1. The third-order valence-corrected chi connectivity index (χ3v) is 4.80. The number of nitrogens with zero attached hydrogens (tertiary/aromatic N) is 1. The number of aromatic nitrogens is 2. The van der Waals surface area contributed by atoms with Crippen LogP contribution in [0, 0.1) is 23.5 Å². The van der Waals surface area contributed by atoms with Gasteiger partial charge in [0, 0.05) is 6.54 Å². The molecule has 19 heavy (non-hydrogen) atoms. The summed E-state index contributed by atoms with van der Waals surface area (Å²) in [5.74, 6) is 1.66. The minimum absolute atomic E-state index is 0.786. The second-order valence-corrected chi connectivity index (χ2v) is 6.54. The minimum Gasteiger partial charge on any atom is -0.331 e. The van der Waals surface area contributed by atoms with E-state index >= 15 is 0 Å². The van der Waals surface area contributed by atoms with Gasteiger partial charge in [0.05, 0.1) is 11.0 Å². The van der Waals surface area contributed by atoms with Crippen molar-refractivity contribution in [2.75, 3.05) is 0 Å². The molecule has 1 aromatic carbocycles. The van der Waals surface area contributed by atoms with E-state index in [1.54, 1.807) is 0 Å². The van der Waals surface area contributed by atoms with Crippen molar-refractivity contribution in [2.45, 2.75) is 46.1 Å². The van der Waals surface area contributed by atoms with Gasteiger partial charge in [0.1, 0.15) is 0 Å². The Labute approximate surface area is 119 Å². The quantitative estimate of drug-likeness (QED) is 0.778. The van der Waals surface area contributed by atoms with Gasteiger partial charge in [0.25, 0.3) is 0 Å². The Morgan fingerprint density at radius 1 is 1.37 bits per heavy atom. The maximum Gasteiger partial charge on any atom is 0.178 e. The van der Waals surface area contributed by atoms with Crippen LogP contribution >= 0.6 is 12.2 Å².